The molecule has 0 aromatic rings. The van der Waals surface area contributed by atoms with Gasteiger partial charge in [-0.2, -0.15) is 0 Å². The molecule has 0 aromatic heterocycles. The number of hydrogen-bond donors (Lipinski definition) is 2. The van der Waals surface area contributed by atoms with Crippen LogP contribution in [0.4, 0.5) is 0 Å². The van der Waals surface area contributed by atoms with E-state index in [1.807, 2.05) is 0 Å². The van der Waals surface area contributed by atoms with E-state index >= 15 is 0 Å². The minimum absolute atomic E-state index is 0.194. The van der Waals surface area contributed by atoms with Gasteiger partial charge in [-0.1, -0.05) is 62.3 Å². The van der Waals surface area contributed by atoms with Gasteiger partial charge in [0.1, 0.15) is 18.3 Å². The molecule has 1 aliphatic heterocycles. The maximum atomic E-state index is 12.6. The molecule has 1 fully saturated rings. The minimum atomic E-state index is -2.17. The summed E-state index contributed by atoms with van der Waals surface area (Å²) >= 11 is 0. The first-order chi connectivity index (χ1) is 16.6. The molecule has 0 aliphatic carbocycles. The molecule has 7 nitrogen and oxygen atoms in total. The van der Waals surface area contributed by atoms with Crippen molar-refractivity contribution in [1.82, 2.24) is 0 Å². The predicted octanol–water partition coefficient (Wildman–Crippen LogP) is 5.97. The summed E-state index contributed by atoms with van der Waals surface area (Å²) in [5, 5.41) is 10.3. The molecule has 208 valence electrons. The summed E-state index contributed by atoms with van der Waals surface area (Å²) in [4.78, 5) is 12.6. The largest absolute Gasteiger partial charge is 0.479 e. The molecular weight excluding hydrogens is 495 g/mol. The van der Waals surface area contributed by atoms with Crippen LogP contribution in [-0.4, -0.2) is 73.1 Å². The predicted molar refractivity (Wildman–Crippen MR) is 152 cm³/mol. The Morgan fingerprint density at radius 2 is 0.971 bits per heavy atom. The number of carboxylic acids is 1. The van der Waals surface area contributed by atoms with Crippen LogP contribution in [0.3, 0.4) is 0 Å². The first kappa shape index (κ1) is 32.9. The van der Waals surface area contributed by atoms with Gasteiger partial charge in [0.25, 0.3) is 0 Å². The molecule has 1 rings (SSSR count). The topological polar surface area (TPSA) is 100 Å². The Labute approximate surface area is 218 Å². The highest BCUT2D eigenvalue weighted by atomic mass is 28.4. The van der Waals surface area contributed by atoms with Crippen LogP contribution >= 0.6 is 0 Å². The van der Waals surface area contributed by atoms with Gasteiger partial charge in [-0.25, -0.2) is 4.79 Å². The lowest BCUT2D eigenvalue weighted by Gasteiger charge is -2.52. The minimum Gasteiger partial charge on any atom is -0.479 e. The van der Waals surface area contributed by atoms with Crippen LogP contribution in [0.15, 0.2) is 0 Å². The van der Waals surface area contributed by atoms with Crippen molar-refractivity contribution in [3.05, 3.63) is 0 Å². The standard InChI is InChI=1S/C25H55NO6Si3/c1-10-33(11-2,12-3)30-21-20(19-26)29-24(25(27)28)23(32-35(16-7,17-8)18-9)22(21)31-34(13-4,14-5)15-6/h20-24H,10-19,26H2,1-9H3,(H,27,28)/t20-,21-,22-,23+,24?/m1/s1. The third kappa shape index (κ3) is 7.49. The van der Waals surface area contributed by atoms with E-state index in [1.165, 1.54) is 0 Å². The maximum Gasteiger partial charge on any atom is 0.335 e. The van der Waals surface area contributed by atoms with E-state index in [9.17, 15) is 9.90 Å². The highest BCUT2D eigenvalue weighted by Gasteiger charge is 2.55. The van der Waals surface area contributed by atoms with E-state index in [1.54, 1.807) is 0 Å². The summed E-state index contributed by atoms with van der Waals surface area (Å²) in [5.41, 5.74) is 6.22. The smallest absolute Gasteiger partial charge is 0.335 e. The highest BCUT2D eigenvalue weighted by molar-refractivity contribution is 6.74. The van der Waals surface area contributed by atoms with Crippen molar-refractivity contribution in [2.75, 3.05) is 6.54 Å². The zero-order valence-corrected chi connectivity index (χ0v) is 27.0. The van der Waals surface area contributed by atoms with E-state index in [2.05, 4.69) is 62.3 Å². The number of nitrogens with two attached hydrogens (primary N) is 1. The Hall–Kier alpha value is -0.0794. The first-order valence-corrected chi connectivity index (χ1v) is 21.8. The maximum absolute atomic E-state index is 12.6. The summed E-state index contributed by atoms with van der Waals surface area (Å²) < 4.78 is 27.4. The zero-order chi connectivity index (χ0) is 26.9. The average Bonchev–Trinajstić information content (AvgIpc) is 2.90. The van der Waals surface area contributed by atoms with Crippen molar-refractivity contribution in [2.45, 2.75) is 147 Å². The van der Waals surface area contributed by atoms with Crippen molar-refractivity contribution < 1.29 is 27.9 Å². The van der Waals surface area contributed by atoms with Crippen LogP contribution in [0.5, 0.6) is 0 Å². The summed E-state index contributed by atoms with van der Waals surface area (Å²) in [7, 11) is -6.36. The van der Waals surface area contributed by atoms with Crippen LogP contribution in [0, 0.1) is 0 Å². The molecule has 0 radical (unpaired) electrons. The summed E-state index contributed by atoms with van der Waals surface area (Å²) in [6.07, 6.45) is -3.24. The van der Waals surface area contributed by atoms with Gasteiger partial charge in [0.05, 0.1) is 6.10 Å². The van der Waals surface area contributed by atoms with Gasteiger partial charge in [0, 0.05) is 6.54 Å². The highest BCUT2D eigenvalue weighted by Crippen LogP contribution is 2.39. The van der Waals surface area contributed by atoms with Crippen LogP contribution < -0.4 is 5.73 Å². The Bertz CT molecular complexity index is 604. The van der Waals surface area contributed by atoms with Crippen molar-refractivity contribution in [3.8, 4) is 0 Å². The fourth-order valence-electron chi connectivity index (χ4n) is 5.57. The van der Waals surface area contributed by atoms with Gasteiger partial charge >= 0.3 is 5.97 Å². The molecule has 3 N–H and O–H groups in total. The molecular formula is C25H55NO6Si3. The van der Waals surface area contributed by atoms with E-state index in [0.717, 1.165) is 54.4 Å². The normalized spacial score (nSPS) is 26.2. The third-order valence-electron chi connectivity index (χ3n) is 9.07. The fourth-order valence-corrected chi connectivity index (χ4v) is 14.1. The number of ether oxygens (including phenoxy) is 1. The van der Waals surface area contributed by atoms with Gasteiger partial charge in [0.15, 0.2) is 31.1 Å². The lowest BCUT2D eigenvalue weighted by atomic mass is 9.95. The Balaban J connectivity index is 3.74. The van der Waals surface area contributed by atoms with Crippen molar-refractivity contribution in [3.63, 3.8) is 0 Å². The summed E-state index contributed by atoms with van der Waals surface area (Å²) in [6.45, 7) is 19.9. The average molecular weight is 550 g/mol. The molecule has 0 saturated carbocycles. The molecule has 10 heteroatoms. The van der Waals surface area contributed by atoms with Crippen molar-refractivity contribution in [2.24, 2.45) is 5.73 Å². The number of rotatable bonds is 17. The monoisotopic (exact) mass is 549 g/mol. The Kier molecular flexibility index (Phi) is 13.9. The van der Waals surface area contributed by atoms with Crippen LogP contribution in [-0.2, 0) is 22.8 Å². The zero-order valence-electron chi connectivity index (χ0n) is 24.0. The SMILES string of the molecule is CC[Si](CC)(CC)O[C@@H]1[C@H](O[Si](CC)(CC)CC)[C@@H](CN)OC(C(=O)O)[C@H]1O[Si](CC)(CC)CC. The molecule has 0 spiro atoms. The molecule has 1 aliphatic rings. The number of carboxylic acid groups (broad SMARTS) is 1. The lowest BCUT2D eigenvalue weighted by molar-refractivity contribution is -0.215. The molecule has 1 heterocycles. The van der Waals surface area contributed by atoms with Gasteiger partial charge < -0.3 is 28.9 Å². The molecule has 5 atom stereocenters. The number of carbonyl (C=O) groups is 1. The Morgan fingerprint density at radius 1 is 0.657 bits per heavy atom. The van der Waals surface area contributed by atoms with Crippen molar-refractivity contribution >= 4 is 30.9 Å². The molecule has 0 bridgehead atoms. The van der Waals surface area contributed by atoms with E-state index < -0.39 is 61.4 Å². The van der Waals surface area contributed by atoms with E-state index in [0.29, 0.717) is 0 Å². The number of aliphatic carboxylic acids is 1. The molecule has 1 unspecified atom stereocenters. The summed E-state index contributed by atoms with van der Waals surface area (Å²) in [6, 6.07) is 8.66. The second-order valence-corrected chi connectivity index (χ2v) is 24.3. The molecule has 0 amide bonds. The molecule has 1 saturated heterocycles. The second kappa shape index (κ2) is 14.8. The van der Waals surface area contributed by atoms with Gasteiger partial charge in [-0.05, 0) is 54.4 Å². The van der Waals surface area contributed by atoms with Gasteiger partial charge in [0.2, 0.25) is 0 Å². The Morgan fingerprint density at radius 3 is 1.26 bits per heavy atom. The lowest BCUT2D eigenvalue weighted by Crippen LogP contribution is -2.68. The van der Waals surface area contributed by atoms with Gasteiger partial charge in [-0.3, -0.25) is 0 Å². The number of hydrogen-bond acceptors (Lipinski definition) is 6. The van der Waals surface area contributed by atoms with Gasteiger partial charge in [-0.15, -0.1) is 0 Å². The van der Waals surface area contributed by atoms with Crippen LogP contribution in [0.2, 0.25) is 54.4 Å². The summed E-state index contributed by atoms with van der Waals surface area (Å²) in [5.74, 6) is -1.01. The fraction of sp³-hybridized carbons (Fsp3) is 0.960. The molecule has 0 aromatic carbocycles. The first-order valence-electron chi connectivity index (χ1n) is 14.2. The van der Waals surface area contributed by atoms with E-state index in [4.69, 9.17) is 23.7 Å². The van der Waals surface area contributed by atoms with Crippen LogP contribution in [0.25, 0.3) is 0 Å². The van der Waals surface area contributed by atoms with Crippen molar-refractivity contribution in [1.29, 1.82) is 0 Å². The van der Waals surface area contributed by atoms with E-state index in [-0.39, 0.29) is 6.54 Å². The third-order valence-corrected chi connectivity index (χ3v) is 23.0. The van der Waals surface area contributed by atoms with Crippen LogP contribution in [0.1, 0.15) is 62.3 Å². The molecule has 35 heavy (non-hydrogen) atoms. The second-order valence-electron chi connectivity index (χ2n) is 10.1. The quantitative estimate of drug-likeness (QED) is 0.216.